The molecule has 0 amide bonds. The molecule has 4 aliphatic carbocycles. The molecule has 8 rings (SSSR count). The van der Waals surface area contributed by atoms with Gasteiger partial charge in [0.05, 0.1) is 23.2 Å². The van der Waals surface area contributed by atoms with E-state index in [0.717, 1.165) is 43.9 Å². The van der Waals surface area contributed by atoms with Crippen molar-refractivity contribution in [1.29, 1.82) is 0 Å². The van der Waals surface area contributed by atoms with Crippen molar-refractivity contribution in [3.05, 3.63) is 50.1 Å². The molecule has 16 heteroatoms. The van der Waals surface area contributed by atoms with E-state index >= 15 is 0 Å². The predicted molar refractivity (Wildman–Crippen MR) is 208 cm³/mol. The highest BCUT2D eigenvalue weighted by Crippen LogP contribution is 2.46. The highest BCUT2D eigenvalue weighted by Gasteiger charge is 2.55. The van der Waals surface area contributed by atoms with E-state index in [1.807, 2.05) is 20.8 Å². The number of hydrogen-bond acceptors (Lipinski definition) is 16. The molecule has 0 aromatic rings. The Morgan fingerprint density at radius 1 is 0.600 bits per heavy atom. The van der Waals surface area contributed by atoms with Gasteiger partial charge in [-0.05, 0) is 79.1 Å². The molecule has 4 heterocycles. The Bertz CT molecular complexity index is 1800. The van der Waals surface area contributed by atoms with Crippen LogP contribution in [0.2, 0.25) is 0 Å². The minimum absolute atomic E-state index is 0.00585. The quantitative estimate of drug-likeness (QED) is 0.183. The lowest BCUT2D eigenvalue weighted by molar-refractivity contribution is -0.170. The second-order valence-corrected chi connectivity index (χ2v) is 17.3. The smallest absolute Gasteiger partial charge is 0.333 e. The van der Waals surface area contributed by atoms with E-state index in [4.69, 9.17) is 37.9 Å². The molecule has 4 saturated carbocycles. The Balaban J connectivity index is 0.000000152. The second-order valence-electron chi connectivity index (χ2n) is 17.3. The lowest BCUT2D eigenvalue weighted by Gasteiger charge is -2.34. The number of hydrogen-bond donors (Lipinski definition) is 0. The summed E-state index contributed by atoms with van der Waals surface area (Å²) in [5, 5.41) is 0. The minimum atomic E-state index is -0.634. The summed E-state index contributed by atoms with van der Waals surface area (Å²) in [5.74, 6) is -2.38. The van der Waals surface area contributed by atoms with Crippen LogP contribution < -0.4 is 0 Å². The van der Waals surface area contributed by atoms with Gasteiger partial charge in [0.2, 0.25) is 0 Å². The molecular formula is C44H56O16. The Labute approximate surface area is 349 Å². The van der Waals surface area contributed by atoms with E-state index in [2.05, 4.69) is 26.3 Å². The topological polar surface area (TPSA) is 210 Å². The third-order valence-corrected chi connectivity index (χ3v) is 12.6. The first-order valence-corrected chi connectivity index (χ1v) is 20.5. The fourth-order valence-electron chi connectivity index (χ4n) is 9.05. The third kappa shape index (κ3) is 10.4. The van der Waals surface area contributed by atoms with Crippen LogP contribution in [0.4, 0.5) is 0 Å². The first-order valence-electron chi connectivity index (χ1n) is 20.5. The van der Waals surface area contributed by atoms with Crippen LogP contribution in [-0.4, -0.2) is 95.6 Å². The monoisotopic (exact) mass is 840 g/mol. The van der Waals surface area contributed by atoms with Crippen molar-refractivity contribution < 1.29 is 76.3 Å². The van der Waals surface area contributed by atoms with Crippen LogP contribution in [0.3, 0.4) is 0 Å². The van der Waals surface area contributed by atoms with Gasteiger partial charge in [0.25, 0.3) is 0 Å². The van der Waals surface area contributed by atoms with Crippen molar-refractivity contribution in [3.8, 4) is 0 Å². The first kappa shape index (κ1) is 45.8. The van der Waals surface area contributed by atoms with Gasteiger partial charge in [0, 0.05) is 49.5 Å². The van der Waals surface area contributed by atoms with Crippen molar-refractivity contribution in [2.75, 3.05) is 0 Å². The van der Waals surface area contributed by atoms with Gasteiger partial charge in [0.15, 0.2) is 0 Å². The molecule has 8 aliphatic rings. The molecule has 0 aromatic carbocycles. The third-order valence-electron chi connectivity index (χ3n) is 12.6. The Kier molecular flexibility index (Phi) is 14.2. The summed E-state index contributed by atoms with van der Waals surface area (Å²) in [6.07, 6.45) is 10.0. The number of ether oxygens (including phenoxy) is 8. The molecule has 12 atom stereocenters. The van der Waals surface area contributed by atoms with Crippen molar-refractivity contribution in [2.45, 2.75) is 153 Å². The molecule has 0 N–H and O–H groups in total. The molecule has 12 unspecified atom stereocenters. The van der Waals surface area contributed by atoms with Gasteiger partial charge in [-0.1, -0.05) is 26.3 Å². The highest BCUT2D eigenvalue weighted by atomic mass is 16.6. The molecule has 0 radical (unpaired) electrons. The summed E-state index contributed by atoms with van der Waals surface area (Å²) in [7, 11) is 0. The van der Waals surface area contributed by atoms with Crippen LogP contribution in [0, 0.1) is 23.2 Å². The summed E-state index contributed by atoms with van der Waals surface area (Å²) < 4.78 is 41.6. The first-order chi connectivity index (χ1) is 28.2. The van der Waals surface area contributed by atoms with Gasteiger partial charge in [0.1, 0.15) is 47.8 Å². The van der Waals surface area contributed by atoms with Crippen molar-refractivity contribution >= 4 is 47.8 Å². The largest absolute Gasteiger partial charge is 0.458 e. The standard InChI is InChI=1S/C12H16O4.2C11H14O4.C10H12O4/c1-7(2)10(13)15-9-5-4-8-6-12(9,3)16-11(8)14;1-3-9(12)14-7-4-5-11(2)6-8(7)15-10(11)13;1-3-9(12)14-8-5-4-7-6-11(8,2)15-10(7)13;1-2-9(11)13-7-4-3-6-5-8(7)14-10(6)12/h8-9H,1,4-6H2,2-3H3;2*3,7-8H,1,4-6H2,2H3;2,6-8H,1,3-5H2. The van der Waals surface area contributed by atoms with E-state index in [9.17, 15) is 38.4 Å². The van der Waals surface area contributed by atoms with Crippen LogP contribution in [0.25, 0.3) is 0 Å². The molecule has 328 valence electrons. The van der Waals surface area contributed by atoms with Crippen LogP contribution in [0.5, 0.6) is 0 Å². The summed E-state index contributed by atoms with van der Waals surface area (Å²) in [5.41, 5.74) is -1.25. The molecule has 0 aromatic heterocycles. The number of esters is 8. The molecule has 8 bridgehead atoms. The van der Waals surface area contributed by atoms with Gasteiger partial charge in [-0.25, -0.2) is 19.2 Å². The molecule has 0 spiro atoms. The van der Waals surface area contributed by atoms with E-state index in [0.29, 0.717) is 56.9 Å². The minimum Gasteiger partial charge on any atom is -0.458 e. The number of carbonyl (C=O) groups excluding carboxylic acids is 8. The average Bonchev–Trinajstić information content (AvgIpc) is 3.82. The van der Waals surface area contributed by atoms with Gasteiger partial charge < -0.3 is 37.9 Å². The maximum Gasteiger partial charge on any atom is 0.333 e. The van der Waals surface area contributed by atoms with Crippen molar-refractivity contribution in [3.63, 3.8) is 0 Å². The van der Waals surface area contributed by atoms with Gasteiger partial charge >= 0.3 is 47.8 Å². The Morgan fingerprint density at radius 2 is 1.08 bits per heavy atom. The lowest BCUT2D eigenvalue weighted by Crippen LogP contribution is -2.44. The summed E-state index contributed by atoms with van der Waals surface area (Å²) >= 11 is 0. The fourth-order valence-corrected chi connectivity index (χ4v) is 9.05. The van der Waals surface area contributed by atoms with Gasteiger partial charge in [-0.3, -0.25) is 19.2 Å². The normalized spacial score (nSPS) is 37.1. The Morgan fingerprint density at radius 3 is 1.60 bits per heavy atom. The SMILES string of the molecule is C=C(C)C(=O)OC1CCC2CC1(C)OC2=O.C=CC(=O)OC1CCC2(C)CC1OC2=O.C=CC(=O)OC1CCC2CC1(C)OC2=O.C=CC(=O)OC1CCC2CC1OC2=O. The average molecular weight is 841 g/mol. The molecule has 8 fully saturated rings. The zero-order valence-corrected chi connectivity index (χ0v) is 34.8. The maximum absolute atomic E-state index is 11.5. The number of carbonyl (C=O) groups is 8. The van der Waals surface area contributed by atoms with E-state index in [1.165, 1.54) is 0 Å². The molecule has 4 aliphatic heterocycles. The summed E-state index contributed by atoms with van der Waals surface area (Å²) in [4.78, 5) is 90.0. The molecule has 60 heavy (non-hydrogen) atoms. The number of fused-ring (bicyclic) bond motifs is 8. The van der Waals surface area contributed by atoms with Crippen LogP contribution in [0.15, 0.2) is 50.1 Å². The Hall–Kier alpha value is -5.28. The van der Waals surface area contributed by atoms with Crippen LogP contribution in [0.1, 0.15) is 105 Å². The summed E-state index contributed by atoms with van der Waals surface area (Å²) in [6, 6.07) is 0. The predicted octanol–water partition coefficient (Wildman–Crippen LogP) is 4.80. The molecule has 16 nitrogen and oxygen atoms in total. The molecule has 4 saturated heterocycles. The zero-order valence-electron chi connectivity index (χ0n) is 34.8. The van der Waals surface area contributed by atoms with Gasteiger partial charge in [-0.15, -0.1) is 0 Å². The van der Waals surface area contributed by atoms with Crippen LogP contribution in [-0.2, 0) is 76.3 Å². The van der Waals surface area contributed by atoms with E-state index in [1.54, 1.807) is 6.92 Å². The van der Waals surface area contributed by atoms with Gasteiger partial charge in [-0.2, -0.15) is 0 Å². The molecular weight excluding hydrogens is 784 g/mol. The zero-order chi connectivity index (χ0) is 44.2. The lowest BCUT2D eigenvalue weighted by atomic mass is 9.76. The highest BCUT2D eigenvalue weighted by molar-refractivity contribution is 5.87. The van der Waals surface area contributed by atoms with Crippen molar-refractivity contribution in [1.82, 2.24) is 0 Å². The fraction of sp³-hybridized carbons (Fsp3) is 0.636. The number of rotatable bonds is 8. The van der Waals surface area contributed by atoms with Crippen LogP contribution >= 0.6 is 0 Å². The second kappa shape index (κ2) is 18.5. The maximum atomic E-state index is 11.5. The summed E-state index contributed by atoms with van der Waals surface area (Å²) in [6.45, 7) is 20.7. The van der Waals surface area contributed by atoms with Crippen molar-refractivity contribution in [2.24, 2.45) is 23.2 Å². The van der Waals surface area contributed by atoms with E-state index in [-0.39, 0.29) is 83.7 Å². The van der Waals surface area contributed by atoms with E-state index < -0.39 is 35.1 Å².